The zero-order valence-electron chi connectivity index (χ0n) is 11.3. The second kappa shape index (κ2) is 6.05. The fraction of sp³-hybridized carbons (Fsp3) is 1.00. The minimum absolute atomic E-state index is 0.883. The molecule has 0 radical (unpaired) electrons. The summed E-state index contributed by atoms with van der Waals surface area (Å²) in [5, 5.41) is 0. The summed E-state index contributed by atoms with van der Waals surface area (Å²) >= 11 is 0. The molecular weight excluding hydrogens is 194 g/mol. The molecule has 2 aliphatic rings. The van der Waals surface area contributed by atoms with E-state index >= 15 is 0 Å². The van der Waals surface area contributed by atoms with Crippen molar-refractivity contribution in [3.63, 3.8) is 0 Å². The van der Waals surface area contributed by atoms with Crippen molar-refractivity contribution in [2.24, 2.45) is 0 Å². The highest BCUT2D eigenvalue weighted by Crippen LogP contribution is 2.38. The summed E-state index contributed by atoms with van der Waals surface area (Å²) in [5.41, 5.74) is 0. The molecule has 0 spiro atoms. The molecule has 2 aliphatic heterocycles. The molecule has 0 N–H and O–H groups in total. The lowest BCUT2D eigenvalue weighted by Crippen LogP contribution is -2.36. The van der Waals surface area contributed by atoms with Crippen molar-refractivity contribution in [3.05, 3.63) is 0 Å². The zero-order valence-corrected chi connectivity index (χ0v) is 11.3. The Morgan fingerprint density at radius 1 is 0.938 bits per heavy atom. The average molecular weight is 223 g/mol. The van der Waals surface area contributed by atoms with Crippen LogP contribution in [0.15, 0.2) is 0 Å². The topological polar surface area (TPSA) is 3.24 Å². The Morgan fingerprint density at radius 3 is 2.50 bits per heavy atom. The van der Waals surface area contributed by atoms with Gasteiger partial charge in [0.1, 0.15) is 0 Å². The lowest BCUT2D eigenvalue weighted by molar-refractivity contribution is 0.180. The molecule has 0 unspecified atom stereocenters. The van der Waals surface area contributed by atoms with Gasteiger partial charge in [0.15, 0.2) is 0 Å². The van der Waals surface area contributed by atoms with Crippen LogP contribution in [0.2, 0.25) is 0 Å². The molecule has 1 heteroatoms. The summed E-state index contributed by atoms with van der Waals surface area (Å²) in [6.45, 7) is 4.74. The van der Waals surface area contributed by atoms with E-state index in [9.17, 15) is 0 Å². The molecule has 0 aliphatic carbocycles. The van der Waals surface area contributed by atoms with Crippen molar-refractivity contribution in [1.82, 2.24) is 4.90 Å². The van der Waals surface area contributed by atoms with E-state index in [-0.39, 0.29) is 0 Å². The molecule has 16 heavy (non-hydrogen) atoms. The number of hydrogen-bond donors (Lipinski definition) is 0. The van der Waals surface area contributed by atoms with Crippen molar-refractivity contribution in [2.45, 2.75) is 96.2 Å². The molecule has 0 aromatic rings. The third-order valence-electron chi connectivity index (χ3n) is 4.74. The van der Waals surface area contributed by atoms with Crippen LogP contribution in [0.4, 0.5) is 0 Å². The lowest BCUT2D eigenvalue weighted by atomic mass is 10.0. The van der Waals surface area contributed by atoms with Crippen LogP contribution in [-0.2, 0) is 0 Å². The molecule has 2 heterocycles. The molecule has 1 nitrogen and oxygen atoms in total. The van der Waals surface area contributed by atoms with E-state index < -0.39 is 0 Å². The Morgan fingerprint density at radius 2 is 1.69 bits per heavy atom. The van der Waals surface area contributed by atoms with Crippen molar-refractivity contribution in [2.75, 3.05) is 0 Å². The third-order valence-corrected chi connectivity index (χ3v) is 4.74. The van der Waals surface area contributed by atoms with Gasteiger partial charge >= 0.3 is 0 Å². The monoisotopic (exact) mass is 223 g/mol. The summed E-state index contributed by atoms with van der Waals surface area (Å²) in [5.74, 6) is 0. The summed E-state index contributed by atoms with van der Waals surface area (Å²) in [4.78, 5) is 2.86. The van der Waals surface area contributed by atoms with Crippen LogP contribution in [0, 0.1) is 0 Å². The maximum atomic E-state index is 2.86. The first-order valence-electron chi connectivity index (χ1n) is 7.60. The van der Waals surface area contributed by atoms with Gasteiger partial charge in [0.05, 0.1) is 0 Å². The predicted octanol–water partition coefficient (Wildman–Crippen LogP) is 4.36. The standard InChI is InChI=1S/C15H29N/c1-3-4-5-6-7-8-14-11-12-15-10-9-13(2)16(14)15/h13-15H,3-12H2,1-2H3/t13-,14+,15+/m1/s1. The van der Waals surface area contributed by atoms with Crippen molar-refractivity contribution < 1.29 is 0 Å². The van der Waals surface area contributed by atoms with E-state index in [0.717, 1.165) is 18.1 Å². The van der Waals surface area contributed by atoms with Gasteiger partial charge in [-0.2, -0.15) is 0 Å². The number of hydrogen-bond acceptors (Lipinski definition) is 1. The van der Waals surface area contributed by atoms with E-state index in [1.165, 1.54) is 64.2 Å². The van der Waals surface area contributed by atoms with Crippen molar-refractivity contribution in [1.29, 1.82) is 0 Å². The maximum Gasteiger partial charge on any atom is 0.0102 e. The molecule has 0 bridgehead atoms. The first-order chi connectivity index (χ1) is 7.83. The van der Waals surface area contributed by atoms with Crippen LogP contribution >= 0.6 is 0 Å². The molecule has 0 aromatic carbocycles. The summed E-state index contributed by atoms with van der Waals surface area (Å²) < 4.78 is 0. The third kappa shape index (κ3) is 2.80. The SMILES string of the molecule is CCCCCCC[C@H]1CC[C@@H]2CC[C@@H](C)N21. The Balaban J connectivity index is 1.66. The Kier molecular flexibility index (Phi) is 4.69. The van der Waals surface area contributed by atoms with E-state index in [0.29, 0.717) is 0 Å². The number of rotatable bonds is 6. The highest BCUT2D eigenvalue weighted by molar-refractivity contribution is 4.95. The van der Waals surface area contributed by atoms with Gasteiger partial charge in [-0.3, -0.25) is 4.90 Å². The number of unbranched alkanes of at least 4 members (excludes halogenated alkanes) is 4. The highest BCUT2D eigenvalue weighted by atomic mass is 15.3. The second-order valence-corrected chi connectivity index (χ2v) is 5.96. The van der Waals surface area contributed by atoms with Crippen molar-refractivity contribution >= 4 is 0 Å². The minimum Gasteiger partial charge on any atom is -0.295 e. The van der Waals surface area contributed by atoms with Crippen LogP contribution in [0.3, 0.4) is 0 Å². The lowest BCUT2D eigenvalue weighted by Gasteiger charge is -2.28. The van der Waals surface area contributed by atoms with Crippen LogP contribution in [-0.4, -0.2) is 23.0 Å². The smallest absolute Gasteiger partial charge is 0.0102 e. The van der Waals surface area contributed by atoms with Crippen LogP contribution in [0.25, 0.3) is 0 Å². The quantitative estimate of drug-likeness (QED) is 0.605. The van der Waals surface area contributed by atoms with Gasteiger partial charge in [-0.25, -0.2) is 0 Å². The van der Waals surface area contributed by atoms with Gasteiger partial charge in [0.25, 0.3) is 0 Å². The summed E-state index contributed by atoms with van der Waals surface area (Å²) in [7, 11) is 0. The van der Waals surface area contributed by atoms with Gasteiger partial charge in [-0.15, -0.1) is 0 Å². The summed E-state index contributed by atoms with van der Waals surface area (Å²) in [6.07, 6.45) is 14.6. The van der Waals surface area contributed by atoms with Gasteiger partial charge in [0.2, 0.25) is 0 Å². The normalized spacial score (nSPS) is 34.5. The molecule has 0 saturated carbocycles. The van der Waals surface area contributed by atoms with E-state index in [1.807, 2.05) is 0 Å². The molecule has 2 fully saturated rings. The number of nitrogens with zero attached hydrogens (tertiary/aromatic N) is 1. The van der Waals surface area contributed by atoms with Crippen LogP contribution < -0.4 is 0 Å². The Labute approximate surface area is 102 Å². The molecule has 2 rings (SSSR count). The van der Waals surface area contributed by atoms with Gasteiger partial charge in [-0.05, 0) is 39.0 Å². The highest BCUT2D eigenvalue weighted by Gasteiger charge is 2.39. The second-order valence-electron chi connectivity index (χ2n) is 5.96. The molecule has 2 saturated heterocycles. The molecule has 0 amide bonds. The summed E-state index contributed by atoms with van der Waals surface area (Å²) in [6, 6.07) is 2.80. The Bertz CT molecular complexity index is 202. The predicted molar refractivity (Wildman–Crippen MR) is 70.7 cm³/mol. The fourth-order valence-corrected chi connectivity index (χ4v) is 3.85. The first-order valence-corrected chi connectivity index (χ1v) is 7.60. The fourth-order valence-electron chi connectivity index (χ4n) is 3.85. The van der Waals surface area contributed by atoms with Crippen LogP contribution in [0.1, 0.15) is 78.1 Å². The first kappa shape index (κ1) is 12.4. The maximum absolute atomic E-state index is 2.86. The van der Waals surface area contributed by atoms with Gasteiger partial charge < -0.3 is 0 Å². The average Bonchev–Trinajstić information content (AvgIpc) is 2.83. The van der Waals surface area contributed by atoms with Gasteiger partial charge in [0, 0.05) is 18.1 Å². The minimum atomic E-state index is 0.883. The number of fused-ring (bicyclic) bond motifs is 1. The zero-order chi connectivity index (χ0) is 11.4. The van der Waals surface area contributed by atoms with Crippen molar-refractivity contribution in [3.8, 4) is 0 Å². The molecule has 3 atom stereocenters. The molecule has 94 valence electrons. The van der Waals surface area contributed by atoms with Crippen LogP contribution in [0.5, 0.6) is 0 Å². The molecule has 0 aromatic heterocycles. The molecular formula is C15H29N. The largest absolute Gasteiger partial charge is 0.295 e. The van der Waals surface area contributed by atoms with Gasteiger partial charge in [-0.1, -0.05) is 39.0 Å². The van der Waals surface area contributed by atoms with E-state index in [1.54, 1.807) is 0 Å². The van der Waals surface area contributed by atoms with E-state index in [2.05, 4.69) is 18.7 Å². The Hall–Kier alpha value is -0.0400. The van der Waals surface area contributed by atoms with E-state index in [4.69, 9.17) is 0 Å².